The molecule has 0 atom stereocenters. The minimum Gasteiger partial charge on any atom is -0.357 e. The molecule has 2 aromatic rings. The number of nitrogens with one attached hydrogen (secondary N) is 1. The van der Waals surface area contributed by atoms with E-state index >= 15 is 0 Å². The van der Waals surface area contributed by atoms with Crippen LogP contribution in [0.1, 0.15) is 16.1 Å². The Hall–Kier alpha value is -2.50. The summed E-state index contributed by atoms with van der Waals surface area (Å²) >= 11 is 0. The van der Waals surface area contributed by atoms with Gasteiger partial charge in [0.25, 0.3) is 5.91 Å². The molecular formula is C13H11FN4O. The van der Waals surface area contributed by atoms with E-state index in [4.69, 9.17) is 0 Å². The topological polar surface area (TPSA) is 58.1 Å². The maximum atomic E-state index is 13.2. The van der Waals surface area contributed by atoms with Crippen molar-refractivity contribution in [3.05, 3.63) is 47.5 Å². The van der Waals surface area contributed by atoms with E-state index in [1.54, 1.807) is 19.2 Å². The third-order valence-electron chi connectivity index (χ3n) is 2.99. The van der Waals surface area contributed by atoms with Crippen LogP contribution in [0, 0.1) is 5.82 Å². The number of halogens is 1. The second kappa shape index (κ2) is 4.31. The summed E-state index contributed by atoms with van der Waals surface area (Å²) in [5.41, 5.74) is 1.63. The van der Waals surface area contributed by atoms with Crippen molar-refractivity contribution in [3.63, 3.8) is 0 Å². The molecule has 5 nitrogen and oxygen atoms in total. The van der Waals surface area contributed by atoms with Gasteiger partial charge in [-0.15, -0.1) is 0 Å². The van der Waals surface area contributed by atoms with Crippen molar-refractivity contribution in [2.45, 2.75) is 6.54 Å². The van der Waals surface area contributed by atoms with Crippen LogP contribution in [0.2, 0.25) is 0 Å². The van der Waals surface area contributed by atoms with Crippen LogP contribution in [0.3, 0.4) is 0 Å². The van der Waals surface area contributed by atoms with Gasteiger partial charge in [0.05, 0.1) is 17.8 Å². The second-order valence-electron chi connectivity index (χ2n) is 4.18. The number of amides is 1. The number of benzene rings is 1. The fourth-order valence-electron chi connectivity index (χ4n) is 2.06. The standard InChI is InChI=1S/C13H11FN4O/c1-15-13-16-6-10-11(17-13)7-18(12(10)19)9-4-2-3-8(14)5-9/h2-6H,7H2,1H3,(H,15,16,17). The summed E-state index contributed by atoms with van der Waals surface area (Å²) in [5.74, 6) is -0.112. The van der Waals surface area contributed by atoms with E-state index in [-0.39, 0.29) is 11.7 Å². The molecule has 2 heterocycles. The first-order chi connectivity index (χ1) is 9.19. The van der Waals surface area contributed by atoms with E-state index in [9.17, 15) is 9.18 Å². The predicted octanol–water partition coefficient (Wildman–Crippen LogP) is 1.82. The van der Waals surface area contributed by atoms with Crippen molar-refractivity contribution in [1.82, 2.24) is 9.97 Å². The molecule has 1 amide bonds. The molecule has 3 rings (SSSR count). The van der Waals surface area contributed by atoms with Crippen LogP contribution < -0.4 is 10.2 Å². The number of nitrogens with zero attached hydrogens (tertiary/aromatic N) is 3. The van der Waals surface area contributed by atoms with Crippen LogP contribution in [0.5, 0.6) is 0 Å². The molecule has 1 N–H and O–H groups in total. The first-order valence-corrected chi connectivity index (χ1v) is 5.80. The lowest BCUT2D eigenvalue weighted by molar-refractivity contribution is 0.0996. The van der Waals surface area contributed by atoms with E-state index in [1.165, 1.54) is 23.2 Å². The minimum atomic E-state index is -0.372. The molecule has 0 saturated heterocycles. The predicted molar refractivity (Wildman–Crippen MR) is 68.5 cm³/mol. The van der Waals surface area contributed by atoms with E-state index in [2.05, 4.69) is 15.3 Å². The van der Waals surface area contributed by atoms with Crippen molar-refractivity contribution >= 4 is 17.5 Å². The SMILES string of the molecule is CNc1ncc2c(n1)CN(c1cccc(F)c1)C2=O. The number of fused-ring (bicyclic) bond motifs is 1. The molecule has 0 unspecified atom stereocenters. The number of anilines is 2. The van der Waals surface area contributed by atoms with E-state index in [1.807, 2.05) is 0 Å². The molecule has 0 radical (unpaired) electrons. The number of hydrogen-bond acceptors (Lipinski definition) is 4. The van der Waals surface area contributed by atoms with Gasteiger partial charge in [-0.25, -0.2) is 14.4 Å². The number of hydrogen-bond donors (Lipinski definition) is 1. The van der Waals surface area contributed by atoms with Crippen molar-refractivity contribution in [2.75, 3.05) is 17.3 Å². The van der Waals surface area contributed by atoms with Crippen LogP contribution in [0.25, 0.3) is 0 Å². The van der Waals surface area contributed by atoms with Gasteiger partial charge in [-0.05, 0) is 18.2 Å². The molecule has 0 saturated carbocycles. The monoisotopic (exact) mass is 258 g/mol. The molecule has 0 fully saturated rings. The lowest BCUT2D eigenvalue weighted by Crippen LogP contribution is -2.23. The quantitative estimate of drug-likeness (QED) is 0.892. The molecule has 19 heavy (non-hydrogen) atoms. The third kappa shape index (κ3) is 1.91. The largest absolute Gasteiger partial charge is 0.357 e. The van der Waals surface area contributed by atoms with Crippen LogP contribution in [0.15, 0.2) is 30.5 Å². The Kier molecular flexibility index (Phi) is 2.63. The van der Waals surface area contributed by atoms with Crippen LogP contribution in [-0.4, -0.2) is 22.9 Å². The highest BCUT2D eigenvalue weighted by Crippen LogP contribution is 2.27. The summed E-state index contributed by atoms with van der Waals surface area (Å²) < 4.78 is 13.2. The summed E-state index contributed by atoms with van der Waals surface area (Å²) in [6, 6.07) is 5.94. The molecule has 0 aliphatic carbocycles. The number of rotatable bonds is 2. The average molecular weight is 258 g/mol. The molecule has 1 aromatic heterocycles. The molecule has 1 aliphatic heterocycles. The zero-order valence-corrected chi connectivity index (χ0v) is 10.2. The Balaban J connectivity index is 1.99. The Morgan fingerprint density at radius 2 is 2.26 bits per heavy atom. The Bertz CT molecular complexity index is 659. The van der Waals surface area contributed by atoms with Gasteiger partial charge in [0, 0.05) is 18.9 Å². The van der Waals surface area contributed by atoms with Crippen molar-refractivity contribution in [2.24, 2.45) is 0 Å². The minimum absolute atomic E-state index is 0.205. The van der Waals surface area contributed by atoms with Gasteiger partial charge in [-0.1, -0.05) is 6.07 Å². The zero-order valence-electron chi connectivity index (χ0n) is 10.2. The highest BCUT2D eigenvalue weighted by molar-refractivity contribution is 6.09. The van der Waals surface area contributed by atoms with Gasteiger partial charge < -0.3 is 10.2 Å². The van der Waals surface area contributed by atoms with Crippen molar-refractivity contribution in [1.29, 1.82) is 0 Å². The Labute approximate surface area is 109 Å². The van der Waals surface area contributed by atoms with Gasteiger partial charge in [0.15, 0.2) is 0 Å². The normalized spacial score (nSPS) is 13.6. The number of carbonyl (C=O) groups excluding carboxylic acids is 1. The average Bonchev–Trinajstić information content (AvgIpc) is 2.75. The van der Waals surface area contributed by atoms with E-state index in [0.29, 0.717) is 29.4 Å². The van der Waals surface area contributed by atoms with Gasteiger partial charge in [0.2, 0.25) is 5.95 Å². The lowest BCUT2D eigenvalue weighted by atomic mass is 10.2. The van der Waals surface area contributed by atoms with Crippen molar-refractivity contribution < 1.29 is 9.18 Å². The smallest absolute Gasteiger partial charge is 0.262 e. The van der Waals surface area contributed by atoms with Gasteiger partial charge in [-0.2, -0.15) is 0 Å². The van der Waals surface area contributed by atoms with Crippen LogP contribution in [-0.2, 0) is 6.54 Å². The Morgan fingerprint density at radius 3 is 3.00 bits per heavy atom. The summed E-state index contributed by atoms with van der Waals surface area (Å²) in [5, 5.41) is 2.82. The van der Waals surface area contributed by atoms with Crippen LogP contribution >= 0.6 is 0 Å². The first-order valence-electron chi connectivity index (χ1n) is 5.80. The first kappa shape index (κ1) is 11.6. The molecule has 1 aromatic carbocycles. The van der Waals surface area contributed by atoms with Crippen molar-refractivity contribution in [3.8, 4) is 0 Å². The van der Waals surface area contributed by atoms with Gasteiger partial charge in [0.1, 0.15) is 5.82 Å². The molecule has 0 spiro atoms. The summed E-state index contributed by atoms with van der Waals surface area (Å²) in [4.78, 5) is 22.0. The summed E-state index contributed by atoms with van der Waals surface area (Å²) in [7, 11) is 1.71. The van der Waals surface area contributed by atoms with Gasteiger partial charge in [-0.3, -0.25) is 4.79 Å². The molecular weight excluding hydrogens is 247 g/mol. The summed E-state index contributed by atoms with van der Waals surface area (Å²) in [6.45, 7) is 0.328. The van der Waals surface area contributed by atoms with E-state index < -0.39 is 0 Å². The molecule has 0 bridgehead atoms. The maximum Gasteiger partial charge on any atom is 0.262 e. The highest BCUT2D eigenvalue weighted by Gasteiger charge is 2.30. The number of carbonyl (C=O) groups is 1. The lowest BCUT2D eigenvalue weighted by Gasteiger charge is -2.14. The van der Waals surface area contributed by atoms with E-state index in [0.717, 1.165) is 0 Å². The zero-order chi connectivity index (χ0) is 13.4. The molecule has 6 heteroatoms. The molecule has 96 valence electrons. The third-order valence-corrected chi connectivity index (χ3v) is 2.99. The fourth-order valence-corrected chi connectivity index (χ4v) is 2.06. The fraction of sp³-hybridized carbons (Fsp3) is 0.154. The molecule has 1 aliphatic rings. The maximum absolute atomic E-state index is 13.2. The summed E-state index contributed by atoms with van der Waals surface area (Å²) in [6.07, 6.45) is 1.50. The highest BCUT2D eigenvalue weighted by atomic mass is 19.1. The Morgan fingerprint density at radius 1 is 1.42 bits per heavy atom. The number of aromatic nitrogens is 2. The second-order valence-corrected chi connectivity index (χ2v) is 4.18. The van der Waals surface area contributed by atoms with Gasteiger partial charge >= 0.3 is 0 Å². The van der Waals surface area contributed by atoms with Crippen LogP contribution in [0.4, 0.5) is 16.0 Å².